The van der Waals surface area contributed by atoms with Crippen molar-refractivity contribution in [1.82, 2.24) is 0 Å². The van der Waals surface area contributed by atoms with Crippen LogP contribution in [0.15, 0.2) is 17.3 Å². The molecule has 0 fully saturated rings. The van der Waals surface area contributed by atoms with Crippen molar-refractivity contribution in [2.24, 2.45) is 10.9 Å². The number of rotatable bonds is 8. The van der Waals surface area contributed by atoms with Gasteiger partial charge in [0.15, 0.2) is 0 Å². The molecule has 0 aliphatic heterocycles. The summed E-state index contributed by atoms with van der Waals surface area (Å²) in [6.45, 7) is 4.38. The van der Waals surface area contributed by atoms with Gasteiger partial charge in [-0.05, 0) is 18.8 Å². The maximum absolute atomic E-state index is 9.83. The summed E-state index contributed by atoms with van der Waals surface area (Å²) in [5.41, 5.74) is 0. The van der Waals surface area contributed by atoms with Crippen LogP contribution in [0.5, 0.6) is 0 Å². The Bertz CT molecular complexity index is 192. The van der Waals surface area contributed by atoms with E-state index in [9.17, 15) is 4.79 Å². The second kappa shape index (κ2) is 10.2. The highest BCUT2D eigenvalue weighted by molar-refractivity contribution is 5.34. The fourth-order valence-corrected chi connectivity index (χ4v) is 1.46. The van der Waals surface area contributed by atoms with E-state index >= 15 is 0 Å². The first kappa shape index (κ1) is 13.1. The van der Waals surface area contributed by atoms with Gasteiger partial charge in [-0.3, -0.25) is 0 Å². The van der Waals surface area contributed by atoms with Gasteiger partial charge in [0.25, 0.3) is 0 Å². The Balaban J connectivity index is 3.62. The molecule has 0 rings (SSSR count). The van der Waals surface area contributed by atoms with Crippen molar-refractivity contribution in [3.05, 3.63) is 12.3 Å². The van der Waals surface area contributed by atoms with Crippen molar-refractivity contribution in [3.8, 4) is 0 Å². The minimum absolute atomic E-state index is 0.573. The van der Waals surface area contributed by atoms with E-state index in [1.807, 2.05) is 6.08 Å². The standard InChI is InChI=1S/C12H21NO/c1-3-5-6-7-8-12(4-2)9-10-13-11-14/h9-10,12H,3-8H2,1-2H3/b10-9+/t12-/m0/s1. The average molecular weight is 195 g/mol. The van der Waals surface area contributed by atoms with Crippen molar-refractivity contribution in [1.29, 1.82) is 0 Å². The summed E-state index contributed by atoms with van der Waals surface area (Å²) in [5, 5.41) is 0. The Morgan fingerprint density at radius 2 is 2.07 bits per heavy atom. The van der Waals surface area contributed by atoms with E-state index in [0.29, 0.717) is 5.92 Å². The number of isocyanates is 1. The maximum atomic E-state index is 9.83. The van der Waals surface area contributed by atoms with Crippen LogP contribution in [0, 0.1) is 5.92 Å². The predicted octanol–water partition coefficient (Wildman–Crippen LogP) is 3.83. The topological polar surface area (TPSA) is 29.4 Å². The third-order valence-electron chi connectivity index (χ3n) is 2.44. The lowest BCUT2D eigenvalue weighted by molar-refractivity contribution is 0.517. The molecule has 0 aromatic heterocycles. The van der Waals surface area contributed by atoms with Crippen LogP contribution in [0.4, 0.5) is 0 Å². The Morgan fingerprint density at radius 1 is 1.29 bits per heavy atom. The molecule has 0 amide bonds. The Kier molecular flexibility index (Phi) is 9.56. The van der Waals surface area contributed by atoms with Crippen molar-refractivity contribution in [2.75, 3.05) is 0 Å². The molecular weight excluding hydrogens is 174 g/mol. The summed E-state index contributed by atoms with van der Waals surface area (Å²) in [7, 11) is 0. The van der Waals surface area contributed by atoms with Crippen LogP contribution < -0.4 is 0 Å². The molecule has 2 heteroatoms. The molecule has 0 aromatic rings. The number of carbonyl (C=O) groups excluding carboxylic acids is 1. The largest absolute Gasteiger partial charge is 0.239 e. The van der Waals surface area contributed by atoms with Crippen molar-refractivity contribution < 1.29 is 4.79 Å². The van der Waals surface area contributed by atoms with Gasteiger partial charge in [0.05, 0.1) is 0 Å². The zero-order chi connectivity index (χ0) is 10.6. The molecule has 0 aliphatic carbocycles. The molecule has 0 saturated heterocycles. The number of allylic oxidation sites excluding steroid dienone is 1. The summed E-state index contributed by atoms with van der Waals surface area (Å²) in [4.78, 5) is 13.2. The van der Waals surface area contributed by atoms with Crippen molar-refractivity contribution in [3.63, 3.8) is 0 Å². The lowest BCUT2D eigenvalue weighted by atomic mass is 9.98. The summed E-state index contributed by atoms with van der Waals surface area (Å²) in [6.07, 6.45) is 12.6. The lowest BCUT2D eigenvalue weighted by Gasteiger charge is -2.08. The molecule has 80 valence electrons. The predicted molar refractivity (Wildman–Crippen MR) is 59.8 cm³/mol. The normalized spacial score (nSPS) is 12.7. The van der Waals surface area contributed by atoms with Gasteiger partial charge in [0, 0.05) is 6.20 Å². The van der Waals surface area contributed by atoms with Gasteiger partial charge in [0.1, 0.15) is 0 Å². The second-order valence-corrected chi connectivity index (χ2v) is 3.58. The van der Waals surface area contributed by atoms with Crippen LogP contribution in [0.1, 0.15) is 52.4 Å². The number of aliphatic imine (C=N–C) groups is 1. The monoisotopic (exact) mass is 195 g/mol. The first-order valence-electron chi connectivity index (χ1n) is 5.58. The molecule has 1 atom stereocenters. The van der Waals surface area contributed by atoms with Crippen LogP contribution in [-0.4, -0.2) is 6.08 Å². The third-order valence-corrected chi connectivity index (χ3v) is 2.44. The molecular formula is C12H21NO. The smallest absolute Gasteiger partial charge is 0.211 e. The highest BCUT2D eigenvalue weighted by Gasteiger charge is 2.00. The molecule has 0 heterocycles. The summed E-state index contributed by atoms with van der Waals surface area (Å²) in [6, 6.07) is 0. The Hall–Kier alpha value is -0.880. The number of hydrogen-bond donors (Lipinski definition) is 0. The minimum atomic E-state index is 0.573. The van der Waals surface area contributed by atoms with Crippen molar-refractivity contribution in [2.45, 2.75) is 52.4 Å². The van der Waals surface area contributed by atoms with E-state index in [4.69, 9.17) is 0 Å². The summed E-state index contributed by atoms with van der Waals surface area (Å²) >= 11 is 0. The quantitative estimate of drug-likeness (QED) is 0.329. The molecule has 0 saturated carbocycles. The van der Waals surface area contributed by atoms with E-state index in [0.717, 1.165) is 6.42 Å². The molecule has 0 radical (unpaired) electrons. The van der Waals surface area contributed by atoms with E-state index in [1.54, 1.807) is 6.20 Å². The maximum Gasteiger partial charge on any atom is 0.239 e. The fourth-order valence-electron chi connectivity index (χ4n) is 1.46. The number of unbranched alkanes of at least 4 members (excludes halogenated alkanes) is 3. The SMILES string of the molecule is CCCCCC[C@@H](/C=C/N=C=O)CC. The third kappa shape index (κ3) is 7.75. The van der Waals surface area contributed by atoms with E-state index in [1.165, 1.54) is 38.2 Å². The lowest BCUT2D eigenvalue weighted by Crippen LogP contribution is -1.93. The second-order valence-electron chi connectivity index (χ2n) is 3.58. The van der Waals surface area contributed by atoms with Crippen LogP contribution >= 0.6 is 0 Å². The summed E-state index contributed by atoms with van der Waals surface area (Å²) in [5.74, 6) is 0.573. The van der Waals surface area contributed by atoms with Gasteiger partial charge < -0.3 is 0 Å². The first-order chi connectivity index (χ1) is 6.85. The van der Waals surface area contributed by atoms with Crippen LogP contribution in [0.25, 0.3) is 0 Å². The zero-order valence-electron chi connectivity index (χ0n) is 9.33. The fraction of sp³-hybridized carbons (Fsp3) is 0.750. The molecule has 0 aromatic carbocycles. The Morgan fingerprint density at radius 3 is 2.64 bits per heavy atom. The number of nitrogens with zero attached hydrogens (tertiary/aromatic N) is 1. The summed E-state index contributed by atoms with van der Waals surface area (Å²) < 4.78 is 0. The van der Waals surface area contributed by atoms with Gasteiger partial charge >= 0.3 is 0 Å². The average Bonchev–Trinajstić information content (AvgIpc) is 2.22. The first-order valence-corrected chi connectivity index (χ1v) is 5.58. The molecule has 0 N–H and O–H groups in total. The molecule has 14 heavy (non-hydrogen) atoms. The molecule has 0 spiro atoms. The van der Waals surface area contributed by atoms with Crippen LogP contribution in [0.3, 0.4) is 0 Å². The minimum Gasteiger partial charge on any atom is -0.211 e. The molecule has 0 aliphatic rings. The highest BCUT2D eigenvalue weighted by atomic mass is 16.1. The number of hydrogen-bond acceptors (Lipinski definition) is 2. The van der Waals surface area contributed by atoms with E-state index < -0.39 is 0 Å². The van der Waals surface area contributed by atoms with Crippen LogP contribution in [0.2, 0.25) is 0 Å². The van der Waals surface area contributed by atoms with Gasteiger partial charge in [-0.15, -0.1) is 0 Å². The van der Waals surface area contributed by atoms with E-state index in [-0.39, 0.29) is 0 Å². The van der Waals surface area contributed by atoms with Gasteiger partial charge in [-0.1, -0.05) is 45.6 Å². The van der Waals surface area contributed by atoms with E-state index in [2.05, 4.69) is 18.8 Å². The van der Waals surface area contributed by atoms with Gasteiger partial charge in [-0.2, -0.15) is 4.99 Å². The van der Waals surface area contributed by atoms with Crippen LogP contribution in [-0.2, 0) is 4.79 Å². The van der Waals surface area contributed by atoms with Crippen molar-refractivity contribution >= 4 is 6.08 Å². The Labute approximate surface area is 87.1 Å². The molecule has 0 bridgehead atoms. The van der Waals surface area contributed by atoms with Gasteiger partial charge in [-0.25, -0.2) is 4.79 Å². The molecule has 0 unspecified atom stereocenters. The van der Waals surface area contributed by atoms with Gasteiger partial charge in [0.2, 0.25) is 6.08 Å². The zero-order valence-corrected chi connectivity index (χ0v) is 9.33. The molecule has 2 nitrogen and oxygen atoms in total. The highest BCUT2D eigenvalue weighted by Crippen LogP contribution is 2.15.